The van der Waals surface area contributed by atoms with E-state index in [1.54, 1.807) is 13.0 Å². The number of rotatable bonds is 2. The Bertz CT molecular complexity index is 845. The Kier molecular flexibility index (Phi) is 3.88. The first-order chi connectivity index (χ1) is 10.0. The molecule has 0 fully saturated rings. The summed E-state index contributed by atoms with van der Waals surface area (Å²) in [5.41, 5.74) is 1.54. The second kappa shape index (κ2) is 5.53. The number of benzene rings is 2. The minimum Gasteiger partial charge on any atom is -0.290 e. The zero-order chi connectivity index (χ0) is 15.1. The second-order valence-corrected chi connectivity index (χ2v) is 6.17. The Morgan fingerprint density at radius 3 is 2.71 bits per heavy atom. The monoisotopic (exact) mass is 418 g/mol. The number of hydrogen-bond acceptors (Lipinski definition) is 1. The van der Waals surface area contributed by atoms with Crippen molar-refractivity contribution in [2.75, 3.05) is 0 Å². The summed E-state index contributed by atoms with van der Waals surface area (Å²) in [5, 5.41) is 0. The van der Waals surface area contributed by atoms with E-state index < -0.39 is 11.6 Å². The van der Waals surface area contributed by atoms with Crippen molar-refractivity contribution < 1.29 is 8.78 Å². The molecule has 0 amide bonds. The summed E-state index contributed by atoms with van der Waals surface area (Å²) in [5.74, 6) is -0.753. The third-order valence-electron chi connectivity index (χ3n) is 3.29. The number of fused-ring (bicyclic) bond motifs is 1. The SMILES string of the molecule is Cc1ccc(F)c(-n2c(CCl)nc3cc(I)ccc32)c1F. The van der Waals surface area contributed by atoms with Gasteiger partial charge in [0, 0.05) is 3.57 Å². The van der Waals surface area contributed by atoms with E-state index in [0.29, 0.717) is 22.4 Å². The Morgan fingerprint density at radius 2 is 2.00 bits per heavy atom. The van der Waals surface area contributed by atoms with Crippen LogP contribution in [0.3, 0.4) is 0 Å². The molecule has 0 aliphatic carbocycles. The molecule has 21 heavy (non-hydrogen) atoms. The predicted octanol–water partition coefficient (Wildman–Crippen LogP) is 4.96. The molecule has 3 rings (SSSR count). The topological polar surface area (TPSA) is 17.8 Å². The molecule has 0 radical (unpaired) electrons. The van der Waals surface area contributed by atoms with Gasteiger partial charge in [0.1, 0.15) is 17.3 Å². The number of imidazole rings is 1. The van der Waals surface area contributed by atoms with Crippen molar-refractivity contribution in [3.8, 4) is 5.69 Å². The van der Waals surface area contributed by atoms with E-state index in [9.17, 15) is 8.78 Å². The van der Waals surface area contributed by atoms with Gasteiger partial charge in [-0.3, -0.25) is 4.57 Å². The highest BCUT2D eigenvalue weighted by Gasteiger charge is 2.19. The van der Waals surface area contributed by atoms with Gasteiger partial charge in [-0.05, 0) is 59.3 Å². The zero-order valence-corrected chi connectivity index (χ0v) is 13.9. The standard InChI is InChI=1S/C15H10ClF2IN2/c1-8-2-4-10(17)15(14(8)18)21-12-5-3-9(19)6-11(12)20-13(21)7-16/h2-6H,7H2,1H3. The Hall–Kier alpha value is -1.21. The molecule has 0 unspecified atom stereocenters. The van der Waals surface area contributed by atoms with Gasteiger partial charge in [0.25, 0.3) is 0 Å². The fourth-order valence-electron chi connectivity index (χ4n) is 2.29. The van der Waals surface area contributed by atoms with Gasteiger partial charge in [0.15, 0.2) is 5.82 Å². The van der Waals surface area contributed by atoms with Crippen LogP contribution in [0.1, 0.15) is 11.4 Å². The number of halogens is 4. The third kappa shape index (κ3) is 2.42. The summed E-state index contributed by atoms with van der Waals surface area (Å²) in [6.07, 6.45) is 0. The van der Waals surface area contributed by atoms with Crippen molar-refractivity contribution in [2.24, 2.45) is 0 Å². The molecule has 108 valence electrons. The van der Waals surface area contributed by atoms with Crippen LogP contribution in [0.4, 0.5) is 8.78 Å². The molecule has 0 N–H and O–H groups in total. The van der Waals surface area contributed by atoms with E-state index in [0.717, 1.165) is 3.57 Å². The molecular formula is C15H10ClF2IN2. The molecule has 0 saturated heterocycles. The van der Waals surface area contributed by atoms with Gasteiger partial charge < -0.3 is 0 Å². The van der Waals surface area contributed by atoms with Gasteiger partial charge in [0.05, 0.1) is 16.9 Å². The number of aryl methyl sites for hydroxylation is 1. The largest absolute Gasteiger partial charge is 0.290 e. The number of nitrogens with zero attached hydrogens (tertiary/aromatic N) is 2. The second-order valence-electron chi connectivity index (χ2n) is 4.66. The fraction of sp³-hybridized carbons (Fsp3) is 0.133. The van der Waals surface area contributed by atoms with Crippen molar-refractivity contribution in [2.45, 2.75) is 12.8 Å². The summed E-state index contributed by atoms with van der Waals surface area (Å²) < 4.78 is 31.1. The van der Waals surface area contributed by atoms with E-state index in [1.165, 1.54) is 16.7 Å². The van der Waals surface area contributed by atoms with Crippen LogP contribution in [-0.2, 0) is 5.88 Å². The van der Waals surface area contributed by atoms with Crippen LogP contribution < -0.4 is 0 Å². The molecule has 0 saturated carbocycles. The molecule has 0 aliphatic heterocycles. The molecule has 2 nitrogen and oxygen atoms in total. The molecule has 1 aromatic heterocycles. The van der Waals surface area contributed by atoms with Crippen LogP contribution in [0.5, 0.6) is 0 Å². The Labute approximate surface area is 138 Å². The smallest absolute Gasteiger partial charge is 0.153 e. The van der Waals surface area contributed by atoms with E-state index >= 15 is 0 Å². The predicted molar refractivity (Wildman–Crippen MR) is 88.0 cm³/mol. The van der Waals surface area contributed by atoms with Gasteiger partial charge in [0.2, 0.25) is 0 Å². The first-order valence-electron chi connectivity index (χ1n) is 6.20. The van der Waals surface area contributed by atoms with Crippen molar-refractivity contribution in [3.05, 3.63) is 56.9 Å². The summed E-state index contributed by atoms with van der Waals surface area (Å²) in [6, 6.07) is 8.18. The van der Waals surface area contributed by atoms with Crippen LogP contribution in [0, 0.1) is 22.1 Å². The molecule has 0 bridgehead atoms. The molecular weight excluding hydrogens is 409 g/mol. The summed E-state index contributed by atoms with van der Waals surface area (Å²) in [6.45, 7) is 1.60. The van der Waals surface area contributed by atoms with Gasteiger partial charge in [-0.2, -0.15) is 0 Å². The van der Waals surface area contributed by atoms with Gasteiger partial charge in [-0.15, -0.1) is 11.6 Å². The lowest BCUT2D eigenvalue weighted by Gasteiger charge is -2.11. The average molecular weight is 419 g/mol. The highest BCUT2D eigenvalue weighted by atomic mass is 127. The van der Waals surface area contributed by atoms with E-state index in [2.05, 4.69) is 27.6 Å². The maximum atomic E-state index is 14.4. The number of alkyl halides is 1. The van der Waals surface area contributed by atoms with Crippen molar-refractivity contribution in [3.63, 3.8) is 0 Å². The highest BCUT2D eigenvalue weighted by molar-refractivity contribution is 14.1. The highest BCUT2D eigenvalue weighted by Crippen LogP contribution is 2.28. The normalized spacial score (nSPS) is 11.3. The lowest BCUT2D eigenvalue weighted by atomic mass is 10.2. The first-order valence-corrected chi connectivity index (χ1v) is 7.82. The maximum absolute atomic E-state index is 14.4. The molecule has 1 heterocycles. The number of aromatic nitrogens is 2. The maximum Gasteiger partial charge on any atom is 0.153 e. The van der Waals surface area contributed by atoms with E-state index in [4.69, 9.17) is 11.6 Å². The molecule has 2 aromatic carbocycles. The summed E-state index contributed by atoms with van der Waals surface area (Å²) in [7, 11) is 0. The van der Waals surface area contributed by atoms with Crippen LogP contribution >= 0.6 is 34.2 Å². The Balaban J connectivity index is 2.42. The first kappa shape index (κ1) is 14.7. The van der Waals surface area contributed by atoms with E-state index in [-0.39, 0.29) is 11.6 Å². The summed E-state index contributed by atoms with van der Waals surface area (Å²) in [4.78, 5) is 4.37. The zero-order valence-electron chi connectivity index (χ0n) is 11.0. The van der Waals surface area contributed by atoms with Crippen LogP contribution in [0.2, 0.25) is 0 Å². The van der Waals surface area contributed by atoms with Crippen molar-refractivity contribution >= 4 is 45.2 Å². The summed E-state index contributed by atoms with van der Waals surface area (Å²) >= 11 is 8.07. The molecule has 0 spiro atoms. The molecule has 3 aromatic rings. The third-order valence-corrected chi connectivity index (χ3v) is 4.20. The lowest BCUT2D eigenvalue weighted by Crippen LogP contribution is -2.06. The number of hydrogen-bond donors (Lipinski definition) is 0. The van der Waals surface area contributed by atoms with E-state index in [1.807, 2.05) is 12.1 Å². The molecule has 0 aliphatic rings. The average Bonchev–Trinajstić information content (AvgIpc) is 2.81. The van der Waals surface area contributed by atoms with Crippen molar-refractivity contribution in [1.82, 2.24) is 9.55 Å². The Morgan fingerprint density at radius 1 is 1.24 bits per heavy atom. The van der Waals surface area contributed by atoms with Crippen LogP contribution in [0.15, 0.2) is 30.3 Å². The molecule has 6 heteroatoms. The lowest BCUT2D eigenvalue weighted by molar-refractivity contribution is 0.563. The van der Waals surface area contributed by atoms with Gasteiger partial charge in [-0.1, -0.05) is 6.07 Å². The van der Waals surface area contributed by atoms with Gasteiger partial charge >= 0.3 is 0 Å². The van der Waals surface area contributed by atoms with Crippen LogP contribution in [-0.4, -0.2) is 9.55 Å². The molecule has 0 atom stereocenters. The fourth-order valence-corrected chi connectivity index (χ4v) is 2.94. The minimum atomic E-state index is -0.637. The van der Waals surface area contributed by atoms with Crippen molar-refractivity contribution in [1.29, 1.82) is 0 Å². The minimum absolute atomic E-state index is 0.0675. The van der Waals surface area contributed by atoms with Gasteiger partial charge in [-0.25, -0.2) is 13.8 Å². The quantitative estimate of drug-likeness (QED) is 0.425. The van der Waals surface area contributed by atoms with Crippen LogP contribution in [0.25, 0.3) is 16.7 Å².